The van der Waals surface area contributed by atoms with Crippen molar-refractivity contribution in [2.75, 3.05) is 11.5 Å². The van der Waals surface area contributed by atoms with Crippen LogP contribution in [0.1, 0.15) is 57.3 Å². The number of aromatic nitrogens is 1. The lowest BCUT2D eigenvalue weighted by molar-refractivity contribution is -0.122. The topological polar surface area (TPSA) is 76.1 Å². The van der Waals surface area contributed by atoms with Gasteiger partial charge >= 0.3 is 0 Å². The predicted molar refractivity (Wildman–Crippen MR) is 88.7 cm³/mol. The number of hydrogen-bond donors (Lipinski definition) is 1. The number of nitrogens with zero attached hydrogens (tertiary/aromatic N) is 1. The van der Waals surface area contributed by atoms with Gasteiger partial charge in [-0.25, -0.2) is 13.4 Å². The third-order valence-corrected chi connectivity index (χ3v) is 6.70. The summed E-state index contributed by atoms with van der Waals surface area (Å²) in [7, 11) is -2.93. The van der Waals surface area contributed by atoms with Crippen LogP contribution in [0.4, 0.5) is 0 Å². The van der Waals surface area contributed by atoms with Crippen molar-refractivity contribution in [1.82, 2.24) is 10.3 Å². The Morgan fingerprint density at radius 1 is 1.50 bits per heavy atom. The van der Waals surface area contributed by atoms with Gasteiger partial charge in [-0.1, -0.05) is 20.8 Å². The number of rotatable bonds is 4. The van der Waals surface area contributed by atoms with Gasteiger partial charge in [-0.2, -0.15) is 0 Å². The Hall–Kier alpha value is -0.950. The molecular formula is C15H24N2O3S2. The van der Waals surface area contributed by atoms with Gasteiger partial charge in [-0.3, -0.25) is 4.79 Å². The summed E-state index contributed by atoms with van der Waals surface area (Å²) >= 11 is 1.55. The summed E-state index contributed by atoms with van der Waals surface area (Å²) in [5.41, 5.74) is 1.02. The SMILES string of the molecule is CC(NC(=O)CC1CCS(=O)(=O)C1)c1nc(C(C)(C)C)cs1. The van der Waals surface area contributed by atoms with Crippen molar-refractivity contribution in [3.05, 3.63) is 16.1 Å². The van der Waals surface area contributed by atoms with Gasteiger partial charge in [0.1, 0.15) is 5.01 Å². The van der Waals surface area contributed by atoms with Crippen LogP contribution in [0.5, 0.6) is 0 Å². The van der Waals surface area contributed by atoms with Gasteiger partial charge in [-0.05, 0) is 19.3 Å². The van der Waals surface area contributed by atoms with Crippen LogP contribution in [0, 0.1) is 5.92 Å². The van der Waals surface area contributed by atoms with Gasteiger partial charge in [0, 0.05) is 17.2 Å². The second kappa shape index (κ2) is 6.28. The van der Waals surface area contributed by atoms with Gasteiger partial charge in [0.2, 0.25) is 5.91 Å². The average Bonchev–Trinajstić information content (AvgIpc) is 2.95. The number of nitrogens with one attached hydrogen (secondary N) is 1. The van der Waals surface area contributed by atoms with Crippen LogP contribution in [0.3, 0.4) is 0 Å². The van der Waals surface area contributed by atoms with Crippen LogP contribution in [-0.2, 0) is 20.0 Å². The van der Waals surface area contributed by atoms with E-state index in [-0.39, 0.29) is 41.2 Å². The Morgan fingerprint density at radius 3 is 2.68 bits per heavy atom. The van der Waals surface area contributed by atoms with Crippen molar-refractivity contribution in [3.8, 4) is 0 Å². The molecule has 1 N–H and O–H groups in total. The highest BCUT2D eigenvalue weighted by Gasteiger charge is 2.30. The minimum absolute atomic E-state index is 0.00329. The van der Waals surface area contributed by atoms with E-state index >= 15 is 0 Å². The van der Waals surface area contributed by atoms with Crippen LogP contribution >= 0.6 is 11.3 Å². The first kappa shape index (κ1) is 17.4. The molecule has 0 aromatic carbocycles. The first-order valence-electron chi connectivity index (χ1n) is 7.52. The molecule has 2 atom stereocenters. The highest BCUT2D eigenvalue weighted by atomic mass is 32.2. The maximum absolute atomic E-state index is 12.1. The summed E-state index contributed by atoms with van der Waals surface area (Å²) in [5, 5.41) is 5.85. The first-order chi connectivity index (χ1) is 10.1. The van der Waals surface area contributed by atoms with Gasteiger partial charge in [-0.15, -0.1) is 11.3 Å². The molecule has 5 nitrogen and oxygen atoms in total. The van der Waals surface area contributed by atoms with Crippen molar-refractivity contribution in [2.45, 2.75) is 52.0 Å². The predicted octanol–water partition coefficient (Wildman–Crippen LogP) is 2.44. The fourth-order valence-corrected chi connectivity index (χ4v) is 5.40. The third kappa shape index (κ3) is 4.52. The fraction of sp³-hybridized carbons (Fsp3) is 0.733. The summed E-state index contributed by atoms with van der Waals surface area (Å²) in [5.74, 6) is 0.211. The van der Waals surface area contributed by atoms with Crippen molar-refractivity contribution in [1.29, 1.82) is 0 Å². The number of carbonyl (C=O) groups is 1. The van der Waals surface area contributed by atoms with E-state index in [1.165, 1.54) is 0 Å². The van der Waals surface area contributed by atoms with Crippen LogP contribution in [-0.4, -0.2) is 30.8 Å². The minimum Gasteiger partial charge on any atom is -0.347 e. The highest BCUT2D eigenvalue weighted by molar-refractivity contribution is 7.91. The molecule has 0 spiro atoms. The molecule has 1 aliphatic heterocycles. The van der Waals surface area contributed by atoms with E-state index in [0.29, 0.717) is 6.42 Å². The van der Waals surface area contributed by atoms with Crippen LogP contribution in [0.25, 0.3) is 0 Å². The highest BCUT2D eigenvalue weighted by Crippen LogP contribution is 2.27. The lowest BCUT2D eigenvalue weighted by Gasteiger charge is -2.16. The van der Waals surface area contributed by atoms with E-state index in [9.17, 15) is 13.2 Å². The molecule has 1 saturated heterocycles. The normalized spacial score (nSPS) is 22.5. The molecule has 1 amide bonds. The lowest BCUT2D eigenvalue weighted by Crippen LogP contribution is -2.28. The number of amides is 1. The van der Waals surface area contributed by atoms with Crippen molar-refractivity contribution >= 4 is 27.1 Å². The van der Waals surface area contributed by atoms with Crippen LogP contribution < -0.4 is 5.32 Å². The zero-order chi connectivity index (χ0) is 16.5. The fourth-order valence-electron chi connectivity index (χ4n) is 2.49. The van der Waals surface area contributed by atoms with E-state index in [1.54, 1.807) is 11.3 Å². The Balaban J connectivity index is 1.90. The molecule has 0 saturated carbocycles. The molecule has 0 radical (unpaired) electrons. The standard InChI is InChI=1S/C15H24N2O3S2/c1-10(14-17-12(8-21-14)15(2,3)4)16-13(18)7-11-5-6-22(19,20)9-11/h8,10-11H,5-7,9H2,1-4H3,(H,16,18). The summed E-state index contributed by atoms with van der Waals surface area (Å²) in [6.07, 6.45) is 0.872. The molecule has 7 heteroatoms. The van der Waals surface area contributed by atoms with Gasteiger partial charge < -0.3 is 5.32 Å². The van der Waals surface area contributed by atoms with E-state index in [1.807, 2.05) is 12.3 Å². The summed E-state index contributed by atoms with van der Waals surface area (Å²) in [6.45, 7) is 8.23. The number of hydrogen-bond acceptors (Lipinski definition) is 5. The Morgan fingerprint density at radius 2 is 2.18 bits per heavy atom. The molecule has 22 heavy (non-hydrogen) atoms. The maximum Gasteiger partial charge on any atom is 0.220 e. The largest absolute Gasteiger partial charge is 0.347 e. The molecular weight excluding hydrogens is 320 g/mol. The molecule has 0 bridgehead atoms. The zero-order valence-electron chi connectivity index (χ0n) is 13.5. The number of sulfone groups is 1. The minimum atomic E-state index is -2.93. The first-order valence-corrected chi connectivity index (χ1v) is 10.2. The Labute approximate surface area is 136 Å². The second-order valence-corrected chi connectivity index (χ2v) is 10.2. The van der Waals surface area contributed by atoms with E-state index in [2.05, 4.69) is 31.1 Å². The third-order valence-electron chi connectivity index (χ3n) is 3.84. The Bertz CT molecular complexity index is 644. The average molecular weight is 345 g/mol. The lowest BCUT2D eigenvalue weighted by atomic mass is 9.93. The molecule has 1 fully saturated rings. The summed E-state index contributed by atoms with van der Waals surface area (Å²) in [4.78, 5) is 16.7. The smallest absolute Gasteiger partial charge is 0.220 e. The van der Waals surface area contributed by atoms with Crippen molar-refractivity contribution in [3.63, 3.8) is 0 Å². The zero-order valence-corrected chi connectivity index (χ0v) is 15.2. The van der Waals surface area contributed by atoms with Gasteiger partial charge in [0.05, 0.1) is 23.2 Å². The molecule has 0 aliphatic carbocycles. The van der Waals surface area contributed by atoms with Gasteiger partial charge in [0.15, 0.2) is 9.84 Å². The molecule has 2 rings (SSSR count). The molecule has 2 unspecified atom stereocenters. The number of thiazole rings is 1. The summed E-state index contributed by atoms with van der Waals surface area (Å²) in [6, 6.07) is -0.147. The quantitative estimate of drug-likeness (QED) is 0.910. The van der Waals surface area contributed by atoms with Crippen LogP contribution in [0.2, 0.25) is 0 Å². The van der Waals surface area contributed by atoms with Crippen molar-refractivity contribution in [2.24, 2.45) is 5.92 Å². The summed E-state index contributed by atoms with van der Waals surface area (Å²) < 4.78 is 22.8. The van der Waals surface area contributed by atoms with E-state index in [0.717, 1.165) is 10.7 Å². The van der Waals surface area contributed by atoms with Crippen molar-refractivity contribution < 1.29 is 13.2 Å². The monoisotopic (exact) mass is 344 g/mol. The molecule has 2 heterocycles. The van der Waals surface area contributed by atoms with E-state index in [4.69, 9.17) is 0 Å². The van der Waals surface area contributed by atoms with Gasteiger partial charge in [0.25, 0.3) is 0 Å². The molecule has 1 aromatic rings. The maximum atomic E-state index is 12.1. The Kier molecular flexibility index (Phi) is 4.96. The molecule has 1 aromatic heterocycles. The molecule has 124 valence electrons. The van der Waals surface area contributed by atoms with Crippen LogP contribution in [0.15, 0.2) is 5.38 Å². The number of carbonyl (C=O) groups excluding carboxylic acids is 1. The molecule has 1 aliphatic rings. The van der Waals surface area contributed by atoms with E-state index < -0.39 is 9.84 Å². The second-order valence-electron chi connectivity index (χ2n) is 7.08.